The molecule has 3 fully saturated rings. The number of aliphatic hydroxyl groups is 1. The van der Waals surface area contributed by atoms with E-state index >= 15 is 0 Å². The molecule has 1 aliphatic heterocycles. The Bertz CT molecular complexity index is 436. The molecule has 1 heterocycles. The summed E-state index contributed by atoms with van der Waals surface area (Å²) in [5, 5.41) is 9.35. The van der Waals surface area contributed by atoms with E-state index in [1.165, 1.54) is 4.90 Å². The largest absolute Gasteiger partial charge is 0.396 e. The molecule has 2 bridgehead atoms. The van der Waals surface area contributed by atoms with Crippen molar-refractivity contribution in [1.82, 2.24) is 4.90 Å². The average molecular weight is 247 g/mol. The Morgan fingerprint density at radius 3 is 2.17 bits per heavy atom. The number of hydrogen-bond donors (Lipinski definition) is 1. The number of amides is 2. The van der Waals surface area contributed by atoms with Crippen LogP contribution in [0.2, 0.25) is 0 Å². The molecule has 2 saturated carbocycles. The van der Waals surface area contributed by atoms with E-state index < -0.39 is 0 Å². The van der Waals surface area contributed by atoms with Crippen molar-refractivity contribution in [3.8, 4) is 0 Å². The van der Waals surface area contributed by atoms with Crippen LogP contribution in [0, 0.1) is 29.1 Å². The lowest BCUT2D eigenvalue weighted by Gasteiger charge is -2.22. The molecule has 4 heteroatoms. The summed E-state index contributed by atoms with van der Waals surface area (Å²) in [5.74, 6) is 0.406. The second-order valence-corrected chi connectivity index (χ2v) is 6.42. The molecule has 2 amide bonds. The van der Waals surface area contributed by atoms with Crippen LogP contribution < -0.4 is 0 Å². The molecule has 0 aromatic rings. The number of likely N-dealkylation sites (tertiary alicyclic amines) is 1. The fourth-order valence-corrected chi connectivity index (χ4v) is 4.00. The van der Waals surface area contributed by atoms with Gasteiger partial charge >= 0.3 is 0 Å². The SMILES string of the molecule is O=C1C2C3C=CC(C3)C2C(=O)N1CC1(CO)CC1. The maximum absolute atomic E-state index is 12.4. The number of imide groups is 1. The fourth-order valence-electron chi connectivity index (χ4n) is 4.00. The van der Waals surface area contributed by atoms with Crippen molar-refractivity contribution < 1.29 is 14.7 Å². The van der Waals surface area contributed by atoms with Gasteiger partial charge in [-0.2, -0.15) is 0 Å². The molecule has 4 unspecified atom stereocenters. The fraction of sp³-hybridized carbons (Fsp3) is 0.714. The Morgan fingerprint density at radius 2 is 1.72 bits per heavy atom. The van der Waals surface area contributed by atoms with Crippen molar-refractivity contribution in [3.63, 3.8) is 0 Å². The highest BCUT2D eigenvalue weighted by Crippen LogP contribution is 2.54. The number of nitrogens with zero attached hydrogens (tertiary/aromatic N) is 1. The van der Waals surface area contributed by atoms with Crippen LogP contribution in [-0.2, 0) is 9.59 Å². The van der Waals surface area contributed by atoms with E-state index in [1.54, 1.807) is 0 Å². The summed E-state index contributed by atoms with van der Waals surface area (Å²) in [6.45, 7) is 0.526. The topological polar surface area (TPSA) is 57.6 Å². The lowest BCUT2D eigenvalue weighted by molar-refractivity contribution is -0.142. The average Bonchev–Trinajstić information content (AvgIpc) is 2.74. The Hall–Kier alpha value is -1.16. The van der Waals surface area contributed by atoms with Gasteiger partial charge in [-0.3, -0.25) is 14.5 Å². The van der Waals surface area contributed by atoms with Gasteiger partial charge in [0.15, 0.2) is 0 Å². The number of hydrogen-bond acceptors (Lipinski definition) is 3. The van der Waals surface area contributed by atoms with Gasteiger partial charge in [-0.15, -0.1) is 0 Å². The number of allylic oxidation sites excluding steroid dienone is 2. The Morgan fingerprint density at radius 1 is 1.17 bits per heavy atom. The summed E-state index contributed by atoms with van der Waals surface area (Å²) in [6.07, 6.45) is 7.06. The normalized spacial score (nSPS) is 42.8. The van der Waals surface area contributed by atoms with E-state index in [-0.39, 0.29) is 47.5 Å². The van der Waals surface area contributed by atoms with E-state index in [9.17, 15) is 14.7 Å². The van der Waals surface area contributed by atoms with Gasteiger partial charge in [0.25, 0.3) is 0 Å². The summed E-state index contributed by atoms with van der Waals surface area (Å²) in [5.41, 5.74) is -0.170. The molecule has 0 spiro atoms. The molecule has 4 aliphatic rings. The van der Waals surface area contributed by atoms with Gasteiger partial charge in [0.1, 0.15) is 0 Å². The number of rotatable bonds is 3. The van der Waals surface area contributed by atoms with E-state index in [0.717, 1.165) is 19.3 Å². The van der Waals surface area contributed by atoms with Gasteiger partial charge in [0.2, 0.25) is 11.8 Å². The minimum absolute atomic E-state index is 0.0153. The van der Waals surface area contributed by atoms with Crippen molar-refractivity contribution in [3.05, 3.63) is 12.2 Å². The third kappa shape index (κ3) is 1.19. The van der Waals surface area contributed by atoms with Crippen molar-refractivity contribution in [1.29, 1.82) is 0 Å². The predicted octanol–water partition coefficient (Wildman–Crippen LogP) is 0.566. The molecule has 0 aromatic carbocycles. The number of fused-ring (bicyclic) bond motifs is 5. The second kappa shape index (κ2) is 3.23. The van der Waals surface area contributed by atoms with Crippen LogP contribution in [0.3, 0.4) is 0 Å². The second-order valence-electron chi connectivity index (χ2n) is 6.42. The van der Waals surface area contributed by atoms with E-state index in [0.29, 0.717) is 6.54 Å². The Labute approximate surface area is 106 Å². The van der Waals surface area contributed by atoms with Crippen molar-refractivity contribution >= 4 is 11.8 Å². The molecule has 18 heavy (non-hydrogen) atoms. The number of carbonyl (C=O) groups excluding carboxylic acids is 2. The van der Waals surface area contributed by atoms with Gasteiger partial charge in [0.05, 0.1) is 18.4 Å². The zero-order valence-corrected chi connectivity index (χ0v) is 10.2. The summed E-state index contributed by atoms with van der Waals surface area (Å²) >= 11 is 0. The third-order valence-corrected chi connectivity index (χ3v) is 5.35. The Balaban J connectivity index is 1.61. The highest BCUT2D eigenvalue weighted by Gasteiger charge is 2.60. The molecule has 4 atom stereocenters. The molecule has 0 radical (unpaired) electrons. The van der Waals surface area contributed by atoms with Gasteiger partial charge in [-0.1, -0.05) is 12.2 Å². The molecule has 1 N–H and O–H groups in total. The van der Waals surface area contributed by atoms with Crippen molar-refractivity contribution in [2.24, 2.45) is 29.1 Å². The molecule has 4 nitrogen and oxygen atoms in total. The monoisotopic (exact) mass is 247 g/mol. The number of aliphatic hydroxyl groups excluding tert-OH is 1. The van der Waals surface area contributed by atoms with Crippen LogP contribution in [0.1, 0.15) is 19.3 Å². The van der Waals surface area contributed by atoms with Crippen LogP contribution in [-0.4, -0.2) is 35.0 Å². The van der Waals surface area contributed by atoms with Crippen LogP contribution in [0.4, 0.5) is 0 Å². The highest BCUT2D eigenvalue weighted by molar-refractivity contribution is 6.06. The Kier molecular flexibility index (Phi) is 1.93. The summed E-state index contributed by atoms with van der Waals surface area (Å²) in [4.78, 5) is 26.2. The first-order valence-corrected chi connectivity index (χ1v) is 6.80. The van der Waals surface area contributed by atoms with E-state index in [2.05, 4.69) is 12.2 Å². The summed E-state index contributed by atoms with van der Waals surface area (Å²) in [7, 11) is 0. The van der Waals surface area contributed by atoms with Crippen molar-refractivity contribution in [2.45, 2.75) is 19.3 Å². The summed E-state index contributed by atoms with van der Waals surface area (Å²) < 4.78 is 0. The molecule has 3 aliphatic carbocycles. The molecular weight excluding hydrogens is 230 g/mol. The quantitative estimate of drug-likeness (QED) is 0.586. The maximum Gasteiger partial charge on any atom is 0.233 e. The molecule has 1 saturated heterocycles. The maximum atomic E-state index is 12.4. The zero-order chi connectivity index (χ0) is 12.5. The van der Waals surface area contributed by atoms with Gasteiger partial charge in [-0.05, 0) is 31.1 Å². The smallest absolute Gasteiger partial charge is 0.233 e. The number of carbonyl (C=O) groups is 2. The highest BCUT2D eigenvalue weighted by atomic mass is 16.3. The minimum atomic E-state index is -0.170. The van der Waals surface area contributed by atoms with Gasteiger partial charge < -0.3 is 5.11 Å². The lowest BCUT2D eigenvalue weighted by atomic mass is 9.85. The van der Waals surface area contributed by atoms with E-state index in [4.69, 9.17) is 0 Å². The standard InChI is InChI=1S/C14H17NO3/c16-7-14(3-4-14)6-15-12(17)10-8-1-2-9(5-8)11(10)13(15)18/h1-2,8-11,16H,3-7H2. The van der Waals surface area contributed by atoms with Crippen LogP contribution >= 0.6 is 0 Å². The van der Waals surface area contributed by atoms with Crippen LogP contribution in [0.15, 0.2) is 12.2 Å². The molecule has 96 valence electrons. The minimum Gasteiger partial charge on any atom is -0.396 e. The van der Waals surface area contributed by atoms with Crippen LogP contribution in [0.5, 0.6) is 0 Å². The summed E-state index contributed by atoms with van der Waals surface area (Å²) in [6, 6.07) is 0. The first-order chi connectivity index (χ1) is 8.65. The predicted molar refractivity (Wildman–Crippen MR) is 63.2 cm³/mol. The van der Waals surface area contributed by atoms with Crippen molar-refractivity contribution in [2.75, 3.05) is 13.2 Å². The molecule has 0 aromatic heterocycles. The first-order valence-electron chi connectivity index (χ1n) is 6.80. The van der Waals surface area contributed by atoms with Crippen LogP contribution in [0.25, 0.3) is 0 Å². The third-order valence-electron chi connectivity index (χ3n) is 5.35. The van der Waals surface area contributed by atoms with Gasteiger partial charge in [0, 0.05) is 12.0 Å². The first kappa shape index (κ1) is 10.7. The molecule has 4 rings (SSSR count). The van der Waals surface area contributed by atoms with E-state index in [1.807, 2.05) is 0 Å². The zero-order valence-electron chi connectivity index (χ0n) is 10.2. The lowest BCUT2D eigenvalue weighted by Crippen LogP contribution is -2.38. The molecular formula is C14H17NO3. The van der Waals surface area contributed by atoms with Gasteiger partial charge in [-0.25, -0.2) is 0 Å².